The van der Waals surface area contributed by atoms with Crippen molar-refractivity contribution in [3.8, 4) is 0 Å². The van der Waals surface area contributed by atoms with E-state index in [0.29, 0.717) is 15.7 Å². The van der Waals surface area contributed by atoms with Gasteiger partial charge >= 0.3 is 5.97 Å². The third kappa shape index (κ3) is 3.58. The van der Waals surface area contributed by atoms with Crippen molar-refractivity contribution in [2.24, 2.45) is 5.92 Å². The van der Waals surface area contributed by atoms with Crippen molar-refractivity contribution in [3.05, 3.63) is 28.2 Å². The Hall–Kier alpha value is -2.22. The molecule has 1 N–H and O–H groups in total. The molecule has 2 heterocycles. The molecule has 1 amide bonds. The van der Waals surface area contributed by atoms with Gasteiger partial charge in [-0.15, -0.1) is 11.3 Å². The highest BCUT2D eigenvalue weighted by atomic mass is 32.1. The van der Waals surface area contributed by atoms with Gasteiger partial charge in [-0.2, -0.15) is 4.98 Å². The summed E-state index contributed by atoms with van der Waals surface area (Å²) in [4.78, 5) is 28.6. The van der Waals surface area contributed by atoms with E-state index >= 15 is 0 Å². The Balaban J connectivity index is 1.66. The Labute approximate surface area is 137 Å². The van der Waals surface area contributed by atoms with Crippen molar-refractivity contribution in [1.29, 1.82) is 0 Å². The third-order valence-corrected chi connectivity index (χ3v) is 4.61. The molecule has 23 heavy (non-hydrogen) atoms. The number of nitrogens with zero attached hydrogens (tertiary/aromatic N) is 2. The molecular formula is C15H17N3O4S. The molecule has 2 aromatic heterocycles. The van der Waals surface area contributed by atoms with E-state index in [1.165, 1.54) is 11.3 Å². The second-order valence-corrected chi connectivity index (χ2v) is 6.67. The normalized spacial score (nSPS) is 15.3. The second-order valence-electron chi connectivity index (χ2n) is 5.61. The summed E-state index contributed by atoms with van der Waals surface area (Å²) < 4.78 is 10.3. The van der Waals surface area contributed by atoms with E-state index in [9.17, 15) is 9.59 Å². The molecule has 3 rings (SSSR count). The van der Waals surface area contributed by atoms with Crippen molar-refractivity contribution in [2.75, 3.05) is 5.32 Å². The van der Waals surface area contributed by atoms with E-state index in [0.717, 1.165) is 18.4 Å². The lowest BCUT2D eigenvalue weighted by atomic mass is 10.3. The predicted molar refractivity (Wildman–Crippen MR) is 83.3 cm³/mol. The zero-order valence-corrected chi connectivity index (χ0v) is 13.9. The lowest BCUT2D eigenvalue weighted by Gasteiger charge is -2.08. The molecule has 0 saturated heterocycles. The molecule has 8 heteroatoms. The smallest absolute Gasteiger partial charge is 0.349 e. The van der Waals surface area contributed by atoms with Gasteiger partial charge in [0.2, 0.25) is 5.91 Å². The molecule has 7 nitrogen and oxygen atoms in total. The van der Waals surface area contributed by atoms with Crippen LogP contribution in [0.2, 0.25) is 0 Å². The number of carbonyl (C=O) groups excluding carboxylic acids is 2. The van der Waals surface area contributed by atoms with E-state index < -0.39 is 12.1 Å². The number of aryl methyl sites for hydroxylation is 2. The highest BCUT2D eigenvalue weighted by Gasteiger charge is 2.30. The first-order valence-corrected chi connectivity index (χ1v) is 8.18. The van der Waals surface area contributed by atoms with Gasteiger partial charge in [0, 0.05) is 5.92 Å². The first-order chi connectivity index (χ1) is 10.9. The summed E-state index contributed by atoms with van der Waals surface area (Å²) in [5.41, 5.74) is 0.764. The minimum atomic E-state index is -0.630. The first kappa shape index (κ1) is 15.7. The standard InChI is InChI=1S/C15H17N3O4S/c1-7-6-11(17-13(19)10-4-5-10)23-12(7)15(20)21-8(2)14-16-9(3)18-22-14/h6,8,10H,4-5H2,1-3H3,(H,17,19). The van der Waals surface area contributed by atoms with Crippen LogP contribution in [0.3, 0.4) is 0 Å². The van der Waals surface area contributed by atoms with Crippen LogP contribution in [0.5, 0.6) is 0 Å². The molecule has 0 spiro atoms. The van der Waals surface area contributed by atoms with E-state index in [-0.39, 0.29) is 17.7 Å². The second kappa shape index (κ2) is 6.11. The molecule has 122 valence electrons. The number of carbonyl (C=O) groups is 2. The average Bonchev–Trinajstić information content (AvgIpc) is 3.16. The monoisotopic (exact) mass is 335 g/mol. The molecule has 1 fully saturated rings. The van der Waals surface area contributed by atoms with Crippen LogP contribution < -0.4 is 5.32 Å². The van der Waals surface area contributed by atoms with Crippen molar-refractivity contribution < 1.29 is 18.8 Å². The van der Waals surface area contributed by atoms with Crippen LogP contribution in [0.1, 0.15) is 52.8 Å². The Morgan fingerprint density at radius 2 is 2.17 bits per heavy atom. The van der Waals surface area contributed by atoms with Crippen LogP contribution in [0.25, 0.3) is 0 Å². The number of esters is 1. The number of amides is 1. The number of ether oxygens (including phenoxy) is 1. The van der Waals surface area contributed by atoms with Crippen LogP contribution in [0.15, 0.2) is 10.6 Å². The Morgan fingerprint density at radius 3 is 2.78 bits per heavy atom. The number of anilines is 1. The van der Waals surface area contributed by atoms with Crippen LogP contribution >= 0.6 is 11.3 Å². The van der Waals surface area contributed by atoms with Gasteiger partial charge in [-0.05, 0) is 45.2 Å². The third-order valence-electron chi connectivity index (χ3n) is 3.47. The number of hydrogen-bond donors (Lipinski definition) is 1. The van der Waals surface area contributed by atoms with Crippen molar-refractivity contribution in [1.82, 2.24) is 10.1 Å². The highest BCUT2D eigenvalue weighted by molar-refractivity contribution is 7.18. The maximum absolute atomic E-state index is 12.3. The molecular weight excluding hydrogens is 318 g/mol. The minimum absolute atomic E-state index is 0.0147. The molecule has 0 aromatic carbocycles. The topological polar surface area (TPSA) is 94.3 Å². The summed E-state index contributed by atoms with van der Waals surface area (Å²) >= 11 is 1.21. The van der Waals surface area contributed by atoms with Crippen molar-refractivity contribution in [3.63, 3.8) is 0 Å². The largest absolute Gasteiger partial charge is 0.448 e. The molecule has 1 unspecified atom stereocenters. The quantitative estimate of drug-likeness (QED) is 0.844. The first-order valence-electron chi connectivity index (χ1n) is 7.36. The van der Waals surface area contributed by atoms with E-state index in [1.807, 2.05) is 0 Å². The van der Waals surface area contributed by atoms with E-state index in [4.69, 9.17) is 9.26 Å². The molecule has 1 aliphatic rings. The number of rotatable bonds is 5. The maximum Gasteiger partial charge on any atom is 0.349 e. The maximum atomic E-state index is 12.3. The van der Waals surface area contributed by atoms with Crippen LogP contribution in [-0.2, 0) is 9.53 Å². The van der Waals surface area contributed by atoms with Crippen LogP contribution in [-0.4, -0.2) is 22.0 Å². The summed E-state index contributed by atoms with van der Waals surface area (Å²) in [5.74, 6) is 0.407. The van der Waals surface area contributed by atoms with Gasteiger partial charge in [0.15, 0.2) is 11.9 Å². The fourth-order valence-electron chi connectivity index (χ4n) is 2.06. The van der Waals surface area contributed by atoms with E-state index in [2.05, 4.69) is 15.5 Å². The van der Waals surface area contributed by atoms with Crippen molar-refractivity contribution >= 4 is 28.2 Å². The Kier molecular flexibility index (Phi) is 4.16. The summed E-state index contributed by atoms with van der Waals surface area (Å²) in [6, 6.07) is 1.78. The summed E-state index contributed by atoms with van der Waals surface area (Å²) in [5, 5.41) is 7.17. The van der Waals surface area contributed by atoms with Gasteiger partial charge in [0.25, 0.3) is 5.89 Å². The molecule has 1 saturated carbocycles. The molecule has 0 bridgehead atoms. The van der Waals surface area contributed by atoms with E-state index in [1.54, 1.807) is 26.8 Å². The van der Waals surface area contributed by atoms with Gasteiger partial charge in [-0.1, -0.05) is 5.16 Å². The van der Waals surface area contributed by atoms with Crippen LogP contribution in [0.4, 0.5) is 5.00 Å². The highest BCUT2D eigenvalue weighted by Crippen LogP contribution is 2.33. The van der Waals surface area contributed by atoms with Crippen LogP contribution in [0, 0.1) is 19.8 Å². The predicted octanol–water partition coefficient (Wildman–Crippen LogP) is 3.01. The molecule has 2 aromatic rings. The van der Waals surface area contributed by atoms with Gasteiger partial charge in [0.05, 0.1) is 5.00 Å². The minimum Gasteiger partial charge on any atom is -0.448 e. The number of thiophene rings is 1. The molecule has 1 atom stereocenters. The Bertz CT molecular complexity index is 748. The fraction of sp³-hybridized carbons (Fsp3) is 0.467. The number of nitrogens with one attached hydrogen (secondary N) is 1. The number of hydrogen-bond acceptors (Lipinski definition) is 7. The zero-order chi connectivity index (χ0) is 16.6. The Morgan fingerprint density at radius 1 is 1.43 bits per heavy atom. The summed E-state index contributed by atoms with van der Waals surface area (Å²) in [7, 11) is 0. The van der Waals surface area contributed by atoms with Crippen molar-refractivity contribution in [2.45, 2.75) is 39.7 Å². The fourth-order valence-corrected chi connectivity index (χ4v) is 3.02. The molecule has 0 aliphatic heterocycles. The van der Waals surface area contributed by atoms with Gasteiger partial charge in [0.1, 0.15) is 4.88 Å². The lowest BCUT2D eigenvalue weighted by molar-refractivity contribution is -0.117. The van der Waals surface area contributed by atoms with Gasteiger partial charge in [-0.25, -0.2) is 4.79 Å². The summed E-state index contributed by atoms with van der Waals surface area (Å²) in [6.07, 6.45) is 1.24. The molecule has 1 aliphatic carbocycles. The number of aromatic nitrogens is 2. The lowest BCUT2D eigenvalue weighted by Crippen LogP contribution is -2.12. The van der Waals surface area contributed by atoms with Gasteiger partial charge in [-0.3, -0.25) is 4.79 Å². The SMILES string of the molecule is Cc1noc(C(C)OC(=O)c2sc(NC(=O)C3CC3)cc2C)n1. The van der Waals surface area contributed by atoms with Gasteiger partial charge < -0.3 is 14.6 Å². The molecule has 0 radical (unpaired) electrons. The average molecular weight is 335 g/mol. The summed E-state index contributed by atoms with van der Waals surface area (Å²) in [6.45, 7) is 5.17. The zero-order valence-electron chi connectivity index (χ0n) is 13.1.